The highest BCUT2D eigenvalue weighted by molar-refractivity contribution is 6.37. The number of fused-ring (bicyclic) bond motifs is 4. The van der Waals surface area contributed by atoms with E-state index in [0.717, 1.165) is 25.2 Å². The molecule has 0 unspecified atom stereocenters. The number of ketones is 2. The maximum absolute atomic E-state index is 14.0. The number of rotatable bonds is 9. The van der Waals surface area contributed by atoms with Crippen molar-refractivity contribution in [3.63, 3.8) is 0 Å². The number of anilines is 3. The fourth-order valence-corrected chi connectivity index (χ4v) is 8.86. The van der Waals surface area contributed by atoms with Crippen LogP contribution in [0.15, 0.2) is 146 Å². The summed E-state index contributed by atoms with van der Waals surface area (Å²) in [4.78, 5) is 139. The molecule has 0 spiro atoms. The maximum Gasteiger partial charge on any atom is 0.266 e. The van der Waals surface area contributed by atoms with Crippen LogP contribution in [0, 0.1) is 6.92 Å². The highest BCUT2D eigenvalue weighted by atomic mass is 16.5. The Morgan fingerprint density at radius 1 is 0.348 bits per heavy atom. The van der Waals surface area contributed by atoms with E-state index in [2.05, 4.69) is 0 Å². The lowest BCUT2D eigenvalue weighted by molar-refractivity contribution is 0.0690. The van der Waals surface area contributed by atoms with Crippen LogP contribution < -0.4 is 19.4 Å². The predicted molar refractivity (Wildman–Crippen MR) is 247 cm³/mol. The minimum atomic E-state index is -0.780. The SMILES string of the molecule is Cc1ccc(Oc2ccc(N3C(=O)c4ccc(C(=O)c5ccc6c(c5)C(=O)N(c5cccc(N7C(=O)c8ccc(C(=O)c9ccc%10c(c9)C(=O)N(C)C%10=O)cc8C7=O)c5)C6=O)cc4C3=O)cc2)cc1. The quantitative estimate of drug-likeness (QED) is 0.101. The second-order valence-electron chi connectivity index (χ2n) is 16.6. The van der Waals surface area contributed by atoms with E-state index in [4.69, 9.17) is 4.74 Å². The maximum atomic E-state index is 14.0. The van der Waals surface area contributed by atoms with Gasteiger partial charge < -0.3 is 4.74 Å². The number of nitrogens with zero attached hydrogens (tertiary/aromatic N) is 4. The van der Waals surface area contributed by atoms with Crippen molar-refractivity contribution >= 4 is 75.9 Å². The van der Waals surface area contributed by atoms with Crippen molar-refractivity contribution in [2.45, 2.75) is 6.92 Å². The van der Waals surface area contributed by atoms with Crippen molar-refractivity contribution in [2.24, 2.45) is 0 Å². The number of carbonyl (C=O) groups excluding carboxylic acids is 10. The number of aryl methyl sites for hydroxylation is 1. The first-order chi connectivity index (χ1) is 33.2. The summed E-state index contributed by atoms with van der Waals surface area (Å²) in [5.74, 6) is -5.27. The summed E-state index contributed by atoms with van der Waals surface area (Å²) in [7, 11) is 1.34. The molecule has 4 heterocycles. The number of hydrogen-bond donors (Lipinski definition) is 0. The third-order valence-corrected chi connectivity index (χ3v) is 12.5. The van der Waals surface area contributed by atoms with Gasteiger partial charge in [0.1, 0.15) is 11.5 Å². The number of benzene rings is 7. The summed E-state index contributed by atoms with van der Waals surface area (Å²) in [5.41, 5.74) is 1.83. The number of amides is 8. The van der Waals surface area contributed by atoms with Crippen LogP contribution in [0.2, 0.25) is 0 Å². The number of imide groups is 4. The van der Waals surface area contributed by atoms with E-state index in [9.17, 15) is 47.9 Å². The lowest BCUT2D eigenvalue weighted by Crippen LogP contribution is -2.31. The molecule has 4 aliphatic heterocycles. The predicted octanol–water partition coefficient (Wildman–Crippen LogP) is 7.88. The van der Waals surface area contributed by atoms with Crippen molar-refractivity contribution in [3.05, 3.63) is 218 Å². The van der Waals surface area contributed by atoms with Gasteiger partial charge in [-0.2, -0.15) is 0 Å². The molecule has 0 aliphatic carbocycles. The molecule has 0 fully saturated rings. The fraction of sp³-hybridized carbons (Fsp3) is 0.0370. The molecule has 11 rings (SSSR count). The fourth-order valence-electron chi connectivity index (χ4n) is 8.86. The monoisotopic (exact) mass is 910 g/mol. The number of ether oxygens (including phenoxy) is 1. The lowest BCUT2D eigenvalue weighted by Gasteiger charge is -2.18. The molecular formula is C54H30N4O11. The molecule has 4 aliphatic rings. The van der Waals surface area contributed by atoms with Gasteiger partial charge in [-0.15, -0.1) is 0 Å². The average Bonchev–Trinajstić information content (AvgIpc) is 3.96. The smallest absolute Gasteiger partial charge is 0.266 e. The Bertz CT molecular complexity index is 3610. The molecule has 7 aromatic carbocycles. The van der Waals surface area contributed by atoms with E-state index >= 15 is 0 Å². The van der Waals surface area contributed by atoms with Crippen LogP contribution in [0.5, 0.6) is 11.5 Å². The van der Waals surface area contributed by atoms with Crippen molar-refractivity contribution in [1.29, 1.82) is 0 Å². The molecule has 0 atom stereocenters. The summed E-state index contributed by atoms with van der Waals surface area (Å²) in [6.45, 7) is 1.96. The Hall–Kier alpha value is -9.76. The Morgan fingerprint density at radius 3 is 1.07 bits per heavy atom. The van der Waals surface area contributed by atoms with Crippen molar-refractivity contribution in [1.82, 2.24) is 4.90 Å². The van der Waals surface area contributed by atoms with Crippen molar-refractivity contribution in [2.75, 3.05) is 21.7 Å². The second kappa shape index (κ2) is 15.4. The van der Waals surface area contributed by atoms with Gasteiger partial charge in [-0.25, -0.2) is 14.7 Å². The molecule has 0 aromatic heterocycles. The van der Waals surface area contributed by atoms with Gasteiger partial charge in [0.05, 0.1) is 61.6 Å². The highest BCUT2D eigenvalue weighted by Crippen LogP contribution is 2.37. The van der Waals surface area contributed by atoms with Crippen LogP contribution in [0.25, 0.3) is 0 Å². The van der Waals surface area contributed by atoms with Gasteiger partial charge in [-0.05, 0) is 110 Å². The molecule has 0 N–H and O–H groups in total. The number of hydrogen-bond acceptors (Lipinski definition) is 11. The Balaban J connectivity index is 0.803. The van der Waals surface area contributed by atoms with E-state index in [0.29, 0.717) is 17.2 Å². The Kier molecular flexibility index (Phi) is 9.37. The zero-order valence-electron chi connectivity index (χ0n) is 36.1. The van der Waals surface area contributed by atoms with Gasteiger partial charge in [-0.3, -0.25) is 52.8 Å². The van der Waals surface area contributed by atoms with Gasteiger partial charge in [0, 0.05) is 29.3 Å². The van der Waals surface area contributed by atoms with E-state index in [1.165, 1.54) is 104 Å². The van der Waals surface area contributed by atoms with Crippen LogP contribution in [0.3, 0.4) is 0 Å². The molecule has 332 valence electrons. The highest BCUT2D eigenvalue weighted by Gasteiger charge is 2.42. The Morgan fingerprint density at radius 2 is 0.667 bits per heavy atom. The van der Waals surface area contributed by atoms with Crippen LogP contribution in [0.1, 0.15) is 120 Å². The van der Waals surface area contributed by atoms with E-state index in [1.54, 1.807) is 24.3 Å². The topological polar surface area (TPSA) is 193 Å². The minimum absolute atomic E-state index is 0.00270. The minimum Gasteiger partial charge on any atom is -0.457 e. The lowest BCUT2D eigenvalue weighted by atomic mass is 9.96. The molecular weight excluding hydrogens is 881 g/mol. The number of carbonyl (C=O) groups is 10. The molecule has 0 saturated carbocycles. The molecule has 15 heteroatoms. The van der Waals surface area contributed by atoms with E-state index in [1.807, 2.05) is 31.2 Å². The molecule has 0 saturated heterocycles. The summed E-state index contributed by atoms with van der Waals surface area (Å²) in [5, 5.41) is 0. The molecule has 15 nitrogen and oxygen atoms in total. The van der Waals surface area contributed by atoms with Gasteiger partial charge in [0.25, 0.3) is 47.3 Å². The molecule has 0 radical (unpaired) electrons. The zero-order chi connectivity index (χ0) is 48.2. The summed E-state index contributed by atoms with van der Waals surface area (Å²) in [6, 6.07) is 35.8. The normalized spacial score (nSPS) is 14.8. The van der Waals surface area contributed by atoms with Crippen LogP contribution in [-0.4, -0.2) is 70.8 Å². The molecule has 0 bridgehead atoms. The molecule has 69 heavy (non-hydrogen) atoms. The Labute approximate surface area is 390 Å². The first kappa shape index (κ1) is 41.9. The van der Waals surface area contributed by atoms with Crippen LogP contribution >= 0.6 is 0 Å². The first-order valence-corrected chi connectivity index (χ1v) is 21.3. The molecule has 7 aromatic rings. The molecule has 8 amide bonds. The summed E-state index contributed by atoms with van der Waals surface area (Å²) in [6.07, 6.45) is 0. The van der Waals surface area contributed by atoms with Gasteiger partial charge in [0.15, 0.2) is 11.6 Å². The zero-order valence-corrected chi connectivity index (χ0v) is 36.1. The second-order valence-corrected chi connectivity index (χ2v) is 16.6. The van der Waals surface area contributed by atoms with E-state index < -0.39 is 58.8 Å². The van der Waals surface area contributed by atoms with Gasteiger partial charge in [0.2, 0.25) is 0 Å². The largest absolute Gasteiger partial charge is 0.457 e. The van der Waals surface area contributed by atoms with Crippen LogP contribution in [0.4, 0.5) is 17.1 Å². The summed E-state index contributed by atoms with van der Waals surface area (Å²) < 4.78 is 5.88. The van der Waals surface area contributed by atoms with Crippen molar-refractivity contribution in [3.8, 4) is 11.5 Å². The van der Waals surface area contributed by atoms with Crippen molar-refractivity contribution < 1.29 is 52.7 Å². The average molecular weight is 911 g/mol. The third-order valence-electron chi connectivity index (χ3n) is 12.5. The van der Waals surface area contributed by atoms with Gasteiger partial charge in [-0.1, -0.05) is 48.0 Å². The third kappa shape index (κ3) is 6.51. The van der Waals surface area contributed by atoms with Gasteiger partial charge >= 0.3 is 0 Å². The summed E-state index contributed by atoms with van der Waals surface area (Å²) >= 11 is 0. The first-order valence-electron chi connectivity index (χ1n) is 21.3. The van der Waals surface area contributed by atoms with Crippen LogP contribution in [-0.2, 0) is 0 Å². The standard InChI is InChI=1S/C54H30N4O11/c1-27-6-14-35(15-7-27)69-36-16-12-32(13-17-36)56-49(63)38-19-9-29(23-42(38)52(56)66)46(60)31-11-21-40-44(25-31)54(68)58(51(40)65)34-5-3-4-33(26-34)57-50(64)39-20-10-30(24-43(39)53(57)67)45(59)28-8-18-37-41(22-28)48(62)55(2)47(37)61/h3-26H,1-2H3. The van der Waals surface area contributed by atoms with E-state index in [-0.39, 0.29) is 78.1 Å².